The summed E-state index contributed by atoms with van der Waals surface area (Å²) >= 11 is 0. The average molecular weight is 374 g/mol. The molecule has 0 radical (unpaired) electrons. The Morgan fingerprint density at radius 2 is 1.75 bits per heavy atom. The maximum absolute atomic E-state index is 7.44. The van der Waals surface area contributed by atoms with Crippen molar-refractivity contribution in [3.05, 3.63) is 57.8 Å². The SMILES string of the molecule is [C-]#[N+]C1CCCN(c2nc(C)nc3c2c(C)cn3-c2c(C)cc(C)cc2C)C1. The van der Waals surface area contributed by atoms with Crippen molar-refractivity contribution in [3.8, 4) is 5.69 Å². The van der Waals surface area contributed by atoms with E-state index in [9.17, 15) is 0 Å². The third-order valence-corrected chi connectivity index (χ3v) is 5.68. The van der Waals surface area contributed by atoms with Gasteiger partial charge in [-0.3, -0.25) is 0 Å². The Bertz CT molecular complexity index is 1080. The van der Waals surface area contributed by atoms with Gasteiger partial charge in [0.2, 0.25) is 6.04 Å². The molecule has 0 amide bonds. The van der Waals surface area contributed by atoms with Crippen LogP contribution < -0.4 is 4.90 Å². The molecule has 0 saturated carbocycles. The van der Waals surface area contributed by atoms with Gasteiger partial charge in [-0.25, -0.2) is 16.5 Å². The number of fused-ring (bicyclic) bond motifs is 1. The molecule has 2 aromatic heterocycles. The highest BCUT2D eigenvalue weighted by atomic mass is 15.2. The molecule has 0 N–H and O–H groups in total. The maximum Gasteiger partial charge on any atom is 0.241 e. The zero-order valence-electron chi connectivity index (χ0n) is 17.4. The summed E-state index contributed by atoms with van der Waals surface area (Å²) in [4.78, 5) is 15.7. The van der Waals surface area contributed by atoms with Gasteiger partial charge in [0.05, 0.1) is 17.6 Å². The molecule has 0 aliphatic carbocycles. The molecule has 1 saturated heterocycles. The van der Waals surface area contributed by atoms with Crippen LogP contribution in [0.5, 0.6) is 0 Å². The summed E-state index contributed by atoms with van der Waals surface area (Å²) in [6.07, 6.45) is 4.20. The Kier molecular flexibility index (Phi) is 4.58. The number of hydrogen-bond donors (Lipinski definition) is 0. The van der Waals surface area contributed by atoms with Gasteiger partial charge in [0.25, 0.3) is 0 Å². The molecule has 1 unspecified atom stereocenters. The first-order valence-corrected chi connectivity index (χ1v) is 9.95. The molecule has 1 aromatic carbocycles. The fourth-order valence-corrected chi connectivity index (χ4v) is 4.59. The summed E-state index contributed by atoms with van der Waals surface area (Å²) in [6.45, 7) is 19.7. The Labute approximate surface area is 166 Å². The smallest absolute Gasteiger partial charge is 0.241 e. The number of nitrogens with zero attached hydrogens (tertiary/aromatic N) is 5. The topological polar surface area (TPSA) is 38.3 Å². The summed E-state index contributed by atoms with van der Waals surface area (Å²) < 4.78 is 2.23. The summed E-state index contributed by atoms with van der Waals surface area (Å²) in [5, 5.41) is 1.11. The van der Waals surface area contributed by atoms with Crippen LogP contribution in [0.1, 0.15) is 40.9 Å². The monoisotopic (exact) mass is 373 g/mol. The van der Waals surface area contributed by atoms with Crippen LogP contribution in [-0.2, 0) is 0 Å². The second kappa shape index (κ2) is 6.94. The summed E-state index contributed by atoms with van der Waals surface area (Å²) in [7, 11) is 0. The Hall–Kier alpha value is -2.87. The minimum atomic E-state index is 0.0584. The first-order valence-electron chi connectivity index (χ1n) is 9.95. The lowest BCUT2D eigenvalue weighted by Gasteiger charge is -2.29. The van der Waals surface area contributed by atoms with E-state index in [4.69, 9.17) is 16.5 Å². The molecule has 4 rings (SSSR count). The number of aromatic nitrogens is 3. The van der Waals surface area contributed by atoms with E-state index in [0.717, 1.165) is 48.6 Å². The van der Waals surface area contributed by atoms with Crippen molar-refractivity contribution in [2.75, 3.05) is 18.0 Å². The number of piperidine rings is 1. The molecule has 3 aromatic rings. The molecule has 5 heteroatoms. The van der Waals surface area contributed by atoms with E-state index >= 15 is 0 Å². The van der Waals surface area contributed by atoms with Gasteiger partial charge in [-0.1, -0.05) is 17.7 Å². The van der Waals surface area contributed by atoms with Crippen molar-refractivity contribution in [1.82, 2.24) is 14.5 Å². The van der Waals surface area contributed by atoms with E-state index in [1.165, 1.54) is 27.9 Å². The van der Waals surface area contributed by atoms with Crippen LogP contribution in [0.15, 0.2) is 18.3 Å². The van der Waals surface area contributed by atoms with Gasteiger partial charge in [-0.05, 0) is 57.7 Å². The molecule has 0 spiro atoms. The molecule has 1 atom stereocenters. The van der Waals surface area contributed by atoms with Crippen LogP contribution in [0.3, 0.4) is 0 Å². The van der Waals surface area contributed by atoms with E-state index in [-0.39, 0.29) is 6.04 Å². The predicted octanol–water partition coefficient (Wildman–Crippen LogP) is 4.85. The predicted molar refractivity (Wildman–Crippen MR) is 114 cm³/mol. The molecule has 1 fully saturated rings. The van der Waals surface area contributed by atoms with Crippen LogP contribution in [0, 0.1) is 41.2 Å². The number of aryl methyl sites for hydroxylation is 5. The second-order valence-electron chi connectivity index (χ2n) is 8.09. The first kappa shape index (κ1) is 18.5. The van der Waals surface area contributed by atoms with Gasteiger partial charge in [-0.15, -0.1) is 0 Å². The van der Waals surface area contributed by atoms with Crippen molar-refractivity contribution >= 4 is 16.9 Å². The Morgan fingerprint density at radius 3 is 2.43 bits per heavy atom. The maximum atomic E-state index is 7.44. The normalized spacial score (nSPS) is 17.1. The third-order valence-electron chi connectivity index (χ3n) is 5.68. The van der Waals surface area contributed by atoms with Crippen molar-refractivity contribution in [1.29, 1.82) is 0 Å². The molecule has 144 valence electrons. The highest BCUT2D eigenvalue weighted by molar-refractivity contribution is 5.93. The summed E-state index contributed by atoms with van der Waals surface area (Å²) in [5.41, 5.74) is 7.10. The highest BCUT2D eigenvalue weighted by Crippen LogP contribution is 2.34. The average Bonchev–Trinajstić information content (AvgIpc) is 2.96. The summed E-state index contributed by atoms with van der Waals surface area (Å²) in [6, 6.07) is 4.51. The van der Waals surface area contributed by atoms with Crippen molar-refractivity contribution < 1.29 is 0 Å². The van der Waals surface area contributed by atoms with Crippen LogP contribution in [0.25, 0.3) is 21.6 Å². The fourth-order valence-electron chi connectivity index (χ4n) is 4.59. The van der Waals surface area contributed by atoms with E-state index < -0.39 is 0 Å². The summed E-state index contributed by atoms with van der Waals surface area (Å²) in [5.74, 6) is 1.75. The molecular formula is C23H27N5. The first-order chi connectivity index (χ1) is 13.4. The number of hydrogen-bond acceptors (Lipinski definition) is 3. The lowest BCUT2D eigenvalue weighted by Crippen LogP contribution is -2.37. The molecule has 1 aliphatic heterocycles. The molecule has 3 heterocycles. The van der Waals surface area contributed by atoms with Gasteiger partial charge >= 0.3 is 0 Å². The van der Waals surface area contributed by atoms with Gasteiger partial charge in [0.15, 0.2) is 5.65 Å². The quantitative estimate of drug-likeness (QED) is 0.603. The van der Waals surface area contributed by atoms with E-state index in [1.807, 2.05) is 6.92 Å². The molecular weight excluding hydrogens is 346 g/mol. The molecule has 0 bridgehead atoms. The standard InChI is InChI=1S/C23H27N5/c1-14-10-15(2)21(16(3)11-14)28-12-17(4)20-22(25-18(5)26-23(20)28)27-9-7-8-19(13-27)24-6/h10-12,19H,7-9,13H2,1-5H3. The Balaban J connectivity index is 1.94. The van der Waals surface area contributed by atoms with Crippen LogP contribution >= 0.6 is 0 Å². The van der Waals surface area contributed by atoms with Gasteiger partial charge in [0, 0.05) is 19.2 Å². The number of benzene rings is 1. The lowest BCUT2D eigenvalue weighted by atomic mass is 10.0. The lowest BCUT2D eigenvalue weighted by molar-refractivity contribution is 0.547. The highest BCUT2D eigenvalue weighted by Gasteiger charge is 2.27. The molecule has 28 heavy (non-hydrogen) atoms. The second-order valence-corrected chi connectivity index (χ2v) is 8.09. The zero-order chi connectivity index (χ0) is 20.0. The van der Waals surface area contributed by atoms with Crippen molar-refractivity contribution in [3.63, 3.8) is 0 Å². The largest absolute Gasteiger partial charge is 0.348 e. The number of rotatable bonds is 2. The van der Waals surface area contributed by atoms with E-state index in [2.05, 4.69) is 60.3 Å². The molecule has 1 aliphatic rings. The van der Waals surface area contributed by atoms with E-state index in [0.29, 0.717) is 0 Å². The Morgan fingerprint density at radius 1 is 1.04 bits per heavy atom. The van der Waals surface area contributed by atoms with Gasteiger partial charge < -0.3 is 14.3 Å². The fraction of sp³-hybridized carbons (Fsp3) is 0.435. The third kappa shape index (κ3) is 3.03. The van der Waals surface area contributed by atoms with Gasteiger partial charge in [-0.2, -0.15) is 0 Å². The van der Waals surface area contributed by atoms with E-state index in [1.54, 1.807) is 0 Å². The minimum Gasteiger partial charge on any atom is -0.348 e. The van der Waals surface area contributed by atoms with Crippen molar-refractivity contribution in [2.45, 2.75) is 53.5 Å². The van der Waals surface area contributed by atoms with Crippen LogP contribution in [-0.4, -0.2) is 33.7 Å². The molecule has 5 nitrogen and oxygen atoms in total. The van der Waals surface area contributed by atoms with Crippen LogP contribution in [0.2, 0.25) is 0 Å². The van der Waals surface area contributed by atoms with Crippen molar-refractivity contribution in [2.24, 2.45) is 0 Å². The number of anilines is 1. The zero-order valence-corrected chi connectivity index (χ0v) is 17.4. The van der Waals surface area contributed by atoms with Crippen LogP contribution in [0.4, 0.5) is 5.82 Å². The minimum absolute atomic E-state index is 0.0584. The van der Waals surface area contributed by atoms with Gasteiger partial charge in [0.1, 0.15) is 11.6 Å².